The molecule has 5 aromatic rings. The van der Waals surface area contributed by atoms with Gasteiger partial charge in [-0.3, -0.25) is 9.97 Å². The van der Waals surface area contributed by atoms with Gasteiger partial charge in [-0.1, -0.05) is 12.1 Å². The molecule has 0 N–H and O–H groups in total. The minimum atomic E-state index is 0.568. The molecule has 8 heteroatoms. The summed E-state index contributed by atoms with van der Waals surface area (Å²) in [7, 11) is 0. The van der Waals surface area contributed by atoms with E-state index in [1.54, 1.807) is 22.7 Å². The number of hydrogen-bond donors (Lipinski definition) is 0. The van der Waals surface area contributed by atoms with Gasteiger partial charge in [-0.15, -0.1) is 22.7 Å². The van der Waals surface area contributed by atoms with E-state index in [0.717, 1.165) is 75.4 Å². The molecule has 0 atom stereocenters. The lowest BCUT2D eigenvalue weighted by molar-refractivity contribution is 0.173. The predicted molar refractivity (Wildman–Crippen MR) is 135 cm³/mol. The fourth-order valence-corrected chi connectivity index (χ4v) is 6.66. The van der Waals surface area contributed by atoms with Crippen LogP contribution in [0.3, 0.4) is 0 Å². The predicted octanol–water partition coefficient (Wildman–Crippen LogP) is 6.40. The summed E-state index contributed by atoms with van der Waals surface area (Å²) >= 11 is 3.36. The van der Waals surface area contributed by atoms with Crippen LogP contribution in [0.1, 0.15) is 9.75 Å². The highest BCUT2D eigenvalue weighted by Gasteiger charge is 2.25. The van der Waals surface area contributed by atoms with E-state index in [9.17, 15) is 0 Å². The molecule has 2 aliphatic heterocycles. The van der Waals surface area contributed by atoms with Gasteiger partial charge >= 0.3 is 0 Å². The standard InChI is InChI=1S/C26H20N2O4S2/c1-13-21-23(31-7-5-29-21)25(33-13)17-9-15-3-4-16-10-18(12-28-20(16)19(15)27-11-17)26-24-22(14(2)34-26)30-6-8-32-24/h3-4,9-12H,5-8H2,1-2H3. The van der Waals surface area contributed by atoms with Crippen molar-refractivity contribution in [2.45, 2.75) is 13.8 Å². The zero-order valence-corrected chi connectivity index (χ0v) is 20.3. The lowest BCUT2D eigenvalue weighted by Gasteiger charge is -2.17. The normalized spacial score (nSPS) is 14.6. The molecule has 1 aromatic carbocycles. The van der Waals surface area contributed by atoms with Gasteiger partial charge in [0.15, 0.2) is 23.0 Å². The molecular formula is C26H20N2O4S2. The topological polar surface area (TPSA) is 62.7 Å². The molecule has 0 bridgehead atoms. The summed E-state index contributed by atoms with van der Waals surface area (Å²) < 4.78 is 23.5. The van der Waals surface area contributed by atoms with E-state index in [-0.39, 0.29) is 0 Å². The van der Waals surface area contributed by atoms with Crippen molar-refractivity contribution in [2.24, 2.45) is 0 Å². The highest BCUT2D eigenvalue weighted by atomic mass is 32.1. The van der Waals surface area contributed by atoms with E-state index < -0.39 is 0 Å². The highest BCUT2D eigenvalue weighted by Crippen LogP contribution is 2.50. The fraction of sp³-hybridized carbons (Fsp3) is 0.231. The first-order chi connectivity index (χ1) is 16.7. The summed E-state index contributed by atoms with van der Waals surface area (Å²) in [6.45, 7) is 6.44. The monoisotopic (exact) mass is 488 g/mol. The van der Waals surface area contributed by atoms with Crippen molar-refractivity contribution in [2.75, 3.05) is 26.4 Å². The third-order valence-corrected chi connectivity index (χ3v) is 8.39. The Morgan fingerprint density at radius 2 is 1.03 bits per heavy atom. The molecule has 0 saturated heterocycles. The van der Waals surface area contributed by atoms with Crippen molar-refractivity contribution < 1.29 is 18.9 Å². The minimum absolute atomic E-state index is 0.568. The second-order valence-corrected chi connectivity index (χ2v) is 10.8. The van der Waals surface area contributed by atoms with Crippen LogP contribution in [0.2, 0.25) is 0 Å². The van der Waals surface area contributed by atoms with E-state index >= 15 is 0 Å². The van der Waals surface area contributed by atoms with E-state index in [1.807, 2.05) is 12.4 Å². The Morgan fingerprint density at radius 1 is 0.618 bits per heavy atom. The van der Waals surface area contributed by atoms with E-state index in [4.69, 9.17) is 28.9 Å². The Hall–Kier alpha value is -3.36. The number of pyridine rings is 2. The molecule has 7 rings (SSSR count). The number of benzene rings is 1. The average molecular weight is 489 g/mol. The molecule has 34 heavy (non-hydrogen) atoms. The third-order valence-electron chi connectivity index (χ3n) is 6.15. The van der Waals surface area contributed by atoms with Gasteiger partial charge in [-0.05, 0) is 26.0 Å². The number of nitrogens with zero attached hydrogens (tertiary/aromatic N) is 2. The molecule has 0 saturated carbocycles. The summed E-state index contributed by atoms with van der Waals surface area (Å²) in [6, 6.07) is 8.54. The summed E-state index contributed by atoms with van der Waals surface area (Å²) in [4.78, 5) is 14.0. The van der Waals surface area contributed by atoms with Crippen molar-refractivity contribution in [3.63, 3.8) is 0 Å². The SMILES string of the molecule is Cc1sc(-c2cnc3c(ccc4cc(-c5sc(C)c6c5OCCO6)cnc43)c2)c2c1OCCO2. The number of hydrogen-bond acceptors (Lipinski definition) is 8. The molecule has 2 aliphatic rings. The van der Waals surface area contributed by atoms with Gasteiger partial charge in [0.25, 0.3) is 0 Å². The van der Waals surface area contributed by atoms with Gasteiger partial charge in [0.05, 0.1) is 20.8 Å². The quantitative estimate of drug-likeness (QED) is 0.268. The van der Waals surface area contributed by atoms with Crippen LogP contribution in [-0.2, 0) is 0 Å². The van der Waals surface area contributed by atoms with Crippen molar-refractivity contribution in [1.29, 1.82) is 0 Å². The number of thiophene rings is 2. The summed E-state index contributed by atoms with van der Waals surface area (Å²) in [5.41, 5.74) is 3.83. The zero-order valence-electron chi connectivity index (χ0n) is 18.6. The fourth-order valence-electron chi connectivity index (χ4n) is 4.61. The molecule has 0 aliphatic carbocycles. The van der Waals surface area contributed by atoms with Gasteiger partial charge in [0.2, 0.25) is 0 Å². The van der Waals surface area contributed by atoms with Gasteiger partial charge in [-0.25, -0.2) is 0 Å². The minimum Gasteiger partial charge on any atom is -0.485 e. The van der Waals surface area contributed by atoms with E-state index in [0.29, 0.717) is 26.4 Å². The van der Waals surface area contributed by atoms with Gasteiger partial charge < -0.3 is 18.9 Å². The van der Waals surface area contributed by atoms with Crippen molar-refractivity contribution >= 4 is 44.5 Å². The molecule has 0 amide bonds. The van der Waals surface area contributed by atoms with E-state index in [1.165, 1.54) is 0 Å². The Balaban J connectivity index is 1.33. The van der Waals surface area contributed by atoms with Crippen LogP contribution in [0.15, 0.2) is 36.7 Å². The van der Waals surface area contributed by atoms with Crippen molar-refractivity contribution in [1.82, 2.24) is 9.97 Å². The van der Waals surface area contributed by atoms with Gasteiger partial charge in [0, 0.05) is 44.0 Å². The maximum Gasteiger partial charge on any atom is 0.180 e. The van der Waals surface area contributed by atoms with E-state index in [2.05, 4.69) is 38.1 Å². The van der Waals surface area contributed by atoms with Crippen LogP contribution >= 0.6 is 22.7 Å². The molecule has 6 heterocycles. The molecule has 6 nitrogen and oxygen atoms in total. The third kappa shape index (κ3) is 2.98. The molecule has 0 unspecified atom stereocenters. The maximum atomic E-state index is 5.94. The summed E-state index contributed by atoms with van der Waals surface area (Å²) in [5, 5.41) is 2.09. The lowest BCUT2D eigenvalue weighted by atomic mass is 10.1. The van der Waals surface area contributed by atoms with Crippen LogP contribution in [-0.4, -0.2) is 36.4 Å². The molecule has 0 fully saturated rings. The zero-order chi connectivity index (χ0) is 22.8. The second kappa shape index (κ2) is 7.58. The largest absolute Gasteiger partial charge is 0.485 e. The smallest absolute Gasteiger partial charge is 0.180 e. The molecule has 170 valence electrons. The molecule has 0 spiro atoms. The second-order valence-electron chi connectivity index (χ2n) is 8.34. The molecule has 0 radical (unpaired) electrons. The number of rotatable bonds is 2. The number of aryl methyl sites for hydroxylation is 2. The number of aromatic nitrogens is 2. The van der Waals surface area contributed by atoms with Crippen molar-refractivity contribution in [3.8, 4) is 43.9 Å². The van der Waals surface area contributed by atoms with Gasteiger partial charge in [-0.2, -0.15) is 0 Å². The Labute approximate surface area is 203 Å². The summed E-state index contributed by atoms with van der Waals surface area (Å²) in [5.74, 6) is 3.39. The Morgan fingerprint density at radius 3 is 1.47 bits per heavy atom. The van der Waals surface area contributed by atoms with Crippen LogP contribution < -0.4 is 18.9 Å². The van der Waals surface area contributed by atoms with Crippen LogP contribution in [0, 0.1) is 13.8 Å². The Kier molecular flexibility index (Phi) is 4.47. The number of fused-ring (bicyclic) bond motifs is 5. The average Bonchev–Trinajstić information content (AvgIpc) is 3.40. The Bertz CT molecular complexity index is 1490. The molecule has 4 aromatic heterocycles. The summed E-state index contributed by atoms with van der Waals surface area (Å²) in [6.07, 6.45) is 3.82. The first kappa shape index (κ1) is 20.1. The maximum absolute atomic E-state index is 5.94. The highest BCUT2D eigenvalue weighted by molar-refractivity contribution is 7.16. The first-order valence-electron chi connectivity index (χ1n) is 11.1. The lowest BCUT2D eigenvalue weighted by Crippen LogP contribution is -2.14. The van der Waals surface area contributed by atoms with Crippen LogP contribution in [0.25, 0.3) is 42.7 Å². The number of ether oxygens (including phenoxy) is 4. The van der Waals surface area contributed by atoms with Gasteiger partial charge in [0.1, 0.15) is 26.4 Å². The molecular weight excluding hydrogens is 468 g/mol. The van der Waals surface area contributed by atoms with Crippen LogP contribution in [0.4, 0.5) is 0 Å². The van der Waals surface area contributed by atoms with Crippen LogP contribution in [0.5, 0.6) is 23.0 Å². The first-order valence-corrected chi connectivity index (χ1v) is 12.8. The van der Waals surface area contributed by atoms with Crippen molar-refractivity contribution in [3.05, 3.63) is 46.4 Å².